The molecule has 0 bridgehead atoms. The lowest BCUT2D eigenvalue weighted by Crippen LogP contribution is -2.27. The number of carbonyl (C=O) groups excluding carboxylic acids is 1. The molecule has 0 unspecified atom stereocenters. The zero-order chi connectivity index (χ0) is 18.7. The van der Waals surface area contributed by atoms with Gasteiger partial charge >= 0.3 is 0 Å². The minimum atomic E-state index is -0.323. The zero-order valence-corrected chi connectivity index (χ0v) is 15.6. The molecule has 0 atom stereocenters. The molecule has 1 aliphatic heterocycles. The Bertz CT molecular complexity index is 881. The second kappa shape index (κ2) is 7.88. The third kappa shape index (κ3) is 4.05. The van der Waals surface area contributed by atoms with E-state index in [4.69, 9.17) is 17.0 Å². The maximum absolute atomic E-state index is 13.0. The van der Waals surface area contributed by atoms with Gasteiger partial charge in [0.05, 0.1) is 18.1 Å². The summed E-state index contributed by atoms with van der Waals surface area (Å²) in [7, 11) is 0. The highest BCUT2D eigenvalue weighted by atomic mass is 32.2. The Labute approximate surface area is 160 Å². The Morgan fingerprint density at radius 1 is 1.27 bits per heavy atom. The van der Waals surface area contributed by atoms with Crippen LogP contribution >= 0.6 is 24.0 Å². The first-order valence-corrected chi connectivity index (χ1v) is 9.16. The molecule has 2 aromatic rings. The summed E-state index contributed by atoms with van der Waals surface area (Å²) < 4.78 is 18.8. The van der Waals surface area contributed by atoms with E-state index < -0.39 is 0 Å². The molecule has 1 saturated heterocycles. The third-order valence-electron chi connectivity index (χ3n) is 3.71. The number of carbonyl (C=O) groups is 1. The molecular formula is C19H16FNO3S2. The number of thioether (sulfide) groups is 1. The maximum atomic E-state index is 13.0. The van der Waals surface area contributed by atoms with Gasteiger partial charge in [0.15, 0.2) is 11.5 Å². The lowest BCUT2D eigenvalue weighted by Gasteiger charge is -2.14. The summed E-state index contributed by atoms with van der Waals surface area (Å²) in [6, 6.07) is 10.9. The zero-order valence-electron chi connectivity index (χ0n) is 13.9. The summed E-state index contributed by atoms with van der Waals surface area (Å²) in [5.41, 5.74) is 1.53. The van der Waals surface area contributed by atoms with Gasteiger partial charge in [0.2, 0.25) is 0 Å². The first kappa shape index (κ1) is 18.4. The van der Waals surface area contributed by atoms with Crippen LogP contribution in [0.3, 0.4) is 0 Å². The maximum Gasteiger partial charge on any atom is 0.266 e. The van der Waals surface area contributed by atoms with Gasteiger partial charge in [-0.3, -0.25) is 9.69 Å². The van der Waals surface area contributed by atoms with Crippen molar-refractivity contribution < 1.29 is 19.0 Å². The predicted molar refractivity (Wildman–Crippen MR) is 104 cm³/mol. The molecule has 7 heteroatoms. The van der Waals surface area contributed by atoms with Gasteiger partial charge in [0.1, 0.15) is 10.1 Å². The third-order valence-corrected chi connectivity index (χ3v) is 5.09. The Balaban J connectivity index is 1.80. The summed E-state index contributed by atoms with van der Waals surface area (Å²) in [6.07, 6.45) is 1.71. The van der Waals surface area contributed by atoms with Crippen LogP contribution in [-0.4, -0.2) is 26.8 Å². The topological polar surface area (TPSA) is 49.8 Å². The summed E-state index contributed by atoms with van der Waals surface area (Å²) in [5.74, 6) is -0.109. The molecule has 1 heterocycles. The summed E-state index contributed by atoms with van der Waals surface area (Å²) in [5, 5.41) is 9.77. The van der Waals surface area contributed by atoms with Crippen LogP contribution in [0.15, 0.2) is 47.4 Å². The van der Waals surface area contributed by atoms with Crippen LogP contribution in [0.5, 0.6) is 11.5 Å². The number of thiocarbonyl (C=S) groups is 1. The Morgan fingerprint density at radius 3 is 2.69 bits per heavy atom. The van der Waals surface area contributed by atoms with Crippen molar-refractivity contribution >= 4 is 40.3 Å². The van der Waals surface area contributed by atoms with Crippen molar-refractivity contribution in [3.05, 3.63) is 64.3 Å². The molecule has 0 aromatic heterocycles. The van der Waals surface area contributed by atoms with Crippen molar-refractivity contribution in [1.29, 1.82) is 0 Å². The standard InChI is InChI=1S/C19H16FNO3S2/c1-2-24-16-9-13(5-8-15(16)22)10-17-18(23)21(19(25)26-17)11-12-3-6-14(20)7-4-12/h3-10,22H,2,11H2,1H3/b17-10-. The van der Waals surface area contributed by atoms with Gasteiger partial charge in [0.25, 0.3) is 5.91 Å². The highest BCUT2D eigenvalue weighted by molar-refractivity contribution is 8.26. The van der Waals surface area contributed by atoms with Crippen LogP contribution in [0.1, 0.15) is 18.1 Å². The van der Waals surface area contributed by atoms with E-state index in [0.717, 1.165) is 11.1 Å². The highest BCUT2D eigenvalue weighted by Gasteiger charge is 2.32. The molecule has 0 aliphatic carbocycles. The van der Waals surface area contributed by atoms with Gasteiger partial charge in [-0.1, -0.05) is 42.2 Å². The fourth-order valence-electron chi connectivity index (χ4n) is 2.45. The second-order valence-electron chi connectivity index (χ2n) is 5.55. The quantitative estimate of drug-likeness (QED) is 0.609. The van der Waals surface area contributed by atoms with Crippen molar-refractivity contribution in [2.24, 2.45) is 0 Å². The number of phenols is 1. The number of hydrogen-bond donors (Lipinski definition) is 1. The Hall–Kier alpha value is -2.38. The van der Waals surface area contributed by atoms with E-state index >= 15 is 0 Å². The van der Waals surface area contributed by atoms with Crippen molar-refractivity contribution in [1.82, 2.24) is 4.90 Å². The predicted octanol–water partition coefficient (Wildman–Crippen LogP) is 4.33. The van der Waals surface area contributed by atoms with E-state index in [1.807, 2.05) is 6.92 Å². The summed E-state index contributed by atoms with van der Waals surface area (Å²) in [4.78, 5) is 14.6. The van der Waals surface area contributed by atoms with Gasteiger partial charge in [-0.2, -0.15) is 0 Å². The smallest absolute Gasteiger partial charge is 0.266 e. The molecule has 0 saturated carbocycles. The largest absolute Gasteiger partial charge is 0.504 e. The Morgan fingerprint density at radius 2 is 2.00 bits per heavy atom. The number of nitrogens with zero attached hydrogens (tertiary/aromatic N) is 1. The lowest BCUT2D eigenvalue weighted by atomic mass is 10.1. The molecule has 1 aliphatic rings. The molecule has 134 valence electrons. The molecule has 0 spiro atoms. The van der Waals surface area contributed by atoms with Gasteiger partial charge in [0, 0.05) is 0 Å². The number of rotatable bonds is 5. The monoisotopic (exact) mass is 389 g/mol. The molecular weight excluding hydrogens is 373 g/mol. The fraction of sp³-hybridized carbons (Fsp3) is 0.158. The second-order valence-corrected chi connectivity index (χ2v) is 7.23. The van der Waals surface area contributed by atoms with Gasteiger partial charge in [-0.05, 0) is 48.4 Å². The van der Waals surface area contributed by atoms with Gasteiger partial charge in [-0.25, -0.2) is 4.39 Å². The number of hydrogen-bond acceptors (Lipinski definition) is 5. The molecule has 3 rings (SSSR count). The van der Waals surface area contributed by atoms with E-state index in [0.29, 0.717) is 28.1 Å². The van der Waals surface area contributed by atoms with Crippen LogP contribution in [-0.2, 0) is 11.3 Å². The molecule has 0 radical (unpaired) electrons. The van der Waals surface area contributed by atoms with Crippen LogP contribution < -0.4 is 4.74 Å². The Kier molecular flexibility index (Phi) is 5.58. The van der Waals surface area contributed by atoms with E-state index in [2.05, 4.69) is 0 Å². The number of benzene rings is 2. The molecule has 2 aromatic carbocycles. The van der Waals surface area contributed by atoms with Gasteiger partial charge in [-0.15, -0.1) is 0 Å². The SMILES string of the molecule is CCOc1cc(/C=C2\SC(=S)N(Cc3ccc(F)cc3)C2=O)ccc1O. The normalized spacial score (nSPS) is 15.8. The molecule has 1 N–H and O–H groups in total. The number of amides is 1. The minimum absolute atomic E-state index is 0.0489. The first-order chi connectivity index (χ1) is 12.5. The average molecular weight is 389 g/mol. The van der Waals surface area contributed by atoms with Crippen molar-refractivity contribution in [3.8, 4) is 11.5 Å². The number of ether oxygens (including phenoxy) is 1. The van der Waals surface area contributed by atoms with Crippen LogP contribution in [0, 0.1) is 5.82 Å². The van der Waals surface area contributed by atoms with Crippen molar-refractivity contribution in [2.45, 2.75) is 13.5 Å². The highest BCUT2D eigenvalue weighted by Crippen LogP contribution is 2.35. The fourth-order valence-corrected chi connectivity index (χ4v) is 3.71. The number of halogens is 1. The van der Waals surface area contributed by atoms with Crippen LogP contribution in [0.25, 0.3) is 6.08 Å². The first-order valence-electron chi connectivity index (χ1n) is 7.93. The summed E-state index contributed by atoms with van der Waals surface area (Å²) in [6.45, 7) is 2.55. The van der Waals surface area contributed by atoms with Gasteiger partial charge < -0.3 is 9.84 Å². The van der Waals surface area contributed by atoms with Crippen molar-refractivity contribution in [3.63, 3.8) is 0 Å². The van der Waals surface area contributed by atoms with E-state index in [1.165, 1.54) is 34.9 Å². The average Bonchev–Trinajstić information content (AvgIpc) is 2.87. The van der Waals surface area contributed by atoms with E-state index in [1.54, 1.807) is 30.3 Å². The molecule has 1 fully saturated rings. The van der Waals surface area contributed by atoms with Crippen LogP contribution in [0.2, 0.25) is 0 Å². The number of aromatic hydroxyl groups is 1. The van der Waals surface area contributed by atoms with Crippen molar-refractivity contribution in [2.75, 3.05) is 6.61 Å². The lowest BCUT2D eigenvalue weighted by molar-refractivity contribution is -0.122. The summed E-state index contributed by atoms with van der Waals surface area (Å²) >= 11 is 6.53. The minimum Gasteiger partial charge on any atom is -0.504 e. The van der Waals surface area contributed by atoms with E-state index in [-0.39, 0.29) is 17.5 Å². The molecule has 1 amide bonds. The number of phenolic OH excluding ortho intramolecular Hbond substituents is 1. The molecule has 26 heavy (non-hydrogen) atoms. The molecule has 4 nitrogen and oxygen atoms in total. The van der Waals surface area contributed by atoms with E-state index in [9.17, 15) is 14.3 Å². The van der Waals surface area contributed by atoms with Crippen LogP contribution in [0.4, 0.5) is 4.39 Å².